The second kappa shape index (κ2) is 9.08. The molecular weight excluding hydrogens is 479 g/mol. The number of fused-ring (bicyclic) bond motifs is 1. The Labute approximate surface area is 203 Å². The van der Waals surface area contributed by atoms with E-state index in [9.17, 15) is 18.0 Å². The molecule has 0 saturated carbocycles. The van der Waals surface area contributed by atoms with Gasteiger partial charge in [-0.05, 0) is 24.6 Å². The maximum absolute atomic E-state index is 13.9. The molecule has 184 valence electrons. The Bertz CT molecular complexity index is 1370. The van der Waals surface area contributed by atoms with E-state index in [0.29, 0.717) is 31.1 Å². The van der Waals surface area contributed by atoms with Crippen LogP contribution in [0.2, 0.25) is 0 Å². The highest BCUT2D eigenvalue weighted by atomic mass is 32.1. The van der Waals surface area contributed by atoms with Crippen LogP contribution in [0.25, 0.3) is 16.2 Å². The highest BCUT2D eigenvalue weighted by Gasteiger charge is 2.36. The molecule has 0 aliphatic carbocycles. The van der Waals surface area contributed by atoms with Gasteiger partial charge in [-0.1, -0.05) is 6.92 Å². The number of rotatable bonds is 5. The van der Waals surface area contributed by atoms with Crippen molar-refractivity contribution in [3.8, 4) is 10.6 Å². The van der Waals surface area contributed by atoms with Crippen molar-refractivity contribution in [2.24, 2.45) is 7.05 Å². The van der Waals surface area contributed by atoms with Crippen molar-refractivity contribution in [2.75, 3.05) is 26.2 Å². The van der Waals surface area contributed by atoms with Gasteiger partial charge >= 0.3 is 6.18 Å². The van der Waals surface area contributed by atoms with E-state index in [1.807, 2.05) is 32.4 Å². The fourth-order valence-corrected chi connectivity index (χ4v) is 5.10. The second-order valence-electron chi connectivity index (χ2n) is 8.53. The maximum atomic E-state index is 13.9. The summed E-state index contributed by atoms with van der Waals surface area (Å²) in [4.78, 5) is 23.1. The first kappa shape index (κ1) is 23.5. The largest absolute Gasteiger partial charge is 0.433 e. The van der Waals surface area contributed by atoms with Gasteiger partial charge in [0.05, 0.1) is 16.8 Å². The quantitative estimate of drug-likeness (QED) is 0.415. The van der Waals surface area contributed by atoms with Crippen molar-refractivity contribution in [1.82, 2.24) is 34.2 Å². The van der Waals surface area contributed by atoms with Crippen LogP contribution in [-0.4, -0.2) is 66.3 Å². The maximum Gasteiger partial charge on any atom is 0.433 e. The molecular formula is C23H24F3N7OS. The lowest BCUT2D eigenvalue weighted by Gasteiger charge is -2.34. The molecule has 0 N–H and O–H groups in total. The fourth-order valence-electron chi connectivity index (χ4n) is 4.20. The molecule has 5 rings (SSSR count). The van der Waals surface area contributed by atoms with E-state index in [2.05, 4.69) is 20.1 Å². The smallest absolute Gasteiger partial charge is 0.335 e. The monoisotopic (exact) mass is 503 g/mol. The van der Waals surface area contributed by atoms with Crippen molar-refractivity contribution in [3.63, 3.8) is 0 Å². The van der Waals surface area contributed by atoms with Gasteiger partial charge in [-0.15, -0.1) is 11.3 Å². The van der Waals surface area contributed by atoms with E-state index in [-0.39, 0.29) is 17.0 Å². The number of piperazine rings is 1. The lowest BCUT2D eigenvalue weighted by Crippen LogP contribution is -2.48. The molecule has 4 aromatic heterocycles. The summed E-state index contributed by atoms with van der Waals surface area (Å²) in [6, 6.07) is 6.00. The summed E-state index contributed by atoms with van der Waals surface area (Å²) in [5, 5.41) is 8.19. The van der Waals surface area contributed by atoms with Crippen LogP contribution in [0.1, 0.15) is 33.5 Å². The summed E-state index contributed by atoms with van der Waals surface area (Å²) in [5.74, 6) is -0.393. The van der Waals surface area contributed by atoms with Gasteiger partial charge in [-0.25, -0.2) is 9.50 Å². The highest BCUT2D eigenvalue weighted by molar-refractivity contribution is 7.15. The van der Waals surface area contributed by atoms with Gasteiger partial charge in [0.25, 0.3) is 5.91 Å². The van der Waals surface area contributed by atoms with E-state index in [4.69, 9.17) is 0 Å². The Morgan fingerprint density at radius 3 is 2.54 bits per heavy atom. The molecule has 1 amide bonds. The van der Waals surface area contributed by atoms with E-state index < -0.39 is 17.8 Å². The Hall–Kier alpha value is -3.25. The van der Waals surface area contributed by atoms with Crippen LogP contribution in [0.4, 0.5) is 13.2 Å². The predicted molar refractivity (Wildman–Crippen MR) is 125 cm³/mol. The van der Waals surface area contributed by atoms with Crippen LogP contribution in [-0.2, 0) is 26.2 Å². The first-order valence-electron chi connectivity index (χ1n) is 11.3. The van der Waals surface area contributed by atoms with Crippen molar-refractivity contribution in [3.05, 3.63) is 58.5 Å². The van der Waals surface area contributed by atoms with Gasteiger partial charge < -0.3 is 4.90 Å². The van der Waals surface area contributed by atoms with Crippen LogP contribution >= 0.6 is 11.3 Å². The number of amides is 1. The molecule has 1 aliphatic heterocycles. The third-order valence-corrected chi connectivity index (χ3v) is 7.28. The number of thiophene rings is 1. The molecule has 1 saturated heterocycles. The standard InChI is InChI=1S/C23H24F3N7OS/c1-3-16-4-5-19(35-16)17-10-20(23(24,25)26)33-21(28-17)11-18(29-33)22(34)32-8-6-31(7-9-32)14-15-12-27-30(2)13-15/h4-5,10-13H,3,6-9,14H2,1-2H3. The van der Waals surface area contributed by atoms with E-state index in [0.717, 1.165) is 34.0 Å². The minimum Gasteiger partial charge on any atom is -0.335 e. The third kappa shape index (κ3) is 4.80. The summed E-state index contributed by atoms with van der Waals surface area (Å²) in [5.41, 5.74) is 0.314. The van der Waals surface area contributed by atoms with Gasteiger partial charge in [-0.2, -0.15) is 23.4 Å². The first-order valence-corrected chi connectivity index (χ1v) is 12.1. The van der Waals surface area contributed by atoms with Gasteiger partial charge in [0.15, 0.2) is 17.0 Å². The number of aryl methyl sites for hydroxylation is 2. The van der Waals surface area contributed by atoms with Crippen LogP contribution in [0, 0.1) is 0 Å². The summed E-state index contributed by atoms with van der Waals surface area (Å²) >= 11 is 1.41. The summed E-state index contributed by atoms with van der Waals surface area (Å²) in [6.07, 6.45) is -0.0925. The molecule has 4 aromatic rings. The molecule has 35 heavy (non-hydrogen) atoms. The van der Waals surface area contributed by atoms with E-state index >= 15 is 0 Å². The molecule has 0 unspecified atom stereocenters. The number of nitrogens with zero attached hydrogens (tertiary/aromatic N) is 7. The molecule has 0 spiro atoms. The molecule has 0 aromatic carbocycles. The zero-order valence-corrected chi connectivity index (χ0v) is 20.1. The summed E-state index contributed by atoms with van der Waals surface area (Å²) < 4.78 is 44.1. The van der Waals surface area contributed by atoms with E-state index in [1.54, 1.807) is 15.6 Å². The number of hydrogen-bond acceptors (Lipinski definition) is 6. The topological polar surface area (TPSA) is 71.6 Å². The van der Waals surface area contributed by atoms with Gasteiger partial charge in [-0.3, -0.25) is 14.4 Å². The number of alkyl halides is 3. The number of halogens is 3. The van der Waals surface area contributed by atoms with Crippen molar-refractivity contribution >= 4 is 22.9 Å². The lowest BCUT2D eigenvalue weighted by molar-refractivity contribution is -0.142. The fraction of sp³-hybridized carbons (Fsp3) is 0.391. The molecule has 12 heteroatoms. The predicted octanol–water partition coefficient (Wildman–Crippen LogP) is 3.73. The average Bonchev–Trinajstić information content (AvgIpc) is 3.57. The van der Waals surface area contributed by atoms with Crippen LogP contribution in [0.5, 0.6) is 0 Å². The van der Waals surface area contributed by atoms with Crippen molar-refractivity contribution < 1.29 is 18.0 Å². The van der Waals surface area contributed by atoms with Crippen LogP contribution in [0.15, 0.2) is 36.7 Å². The second-order valence-corrected chi connectivity index (χ2v) is 9.70. The normalized spacial score (nSPS) is 15.3. The lowest BCUT2D eigenvalue weighted by atomic mass is 10.2. The summed E-state index contributed by atoms with van der Waals surface area (Å²) in [7, 11) is 1.86. The molecule has 0 bridgehead atoms. The molecule has 0 radical (unpaired) electrons. The minimum absolute atomic E-state index is 0.000151. The Balaban J connectivity index is 1.38. The molecule has 0 atom stereocenters. The van der Waals surface area contributed by atoms with Crippen molar-refractivity contribution in [1.29, 1.82) is 0 Å². The Kier molecular flexibility index (Phi) is 6.09. The summed E-state index contributed by atoms with van der Waals surface area (Å²) in [6.45, 7) is 4.96. The number of aromatic nitrogens is 5. The number of carbonyl (C=O) groups is 1. The highest BCUT2D eigenvalue weighted by Crippen LogP contribution is 2.34. The third-order valence-electron chi connectivity index (χ3n) is 6.02. The Morgan fingerprint density at radius 1 is 1.14 bits per heavy atom. The average molecular weight is 504 g/mol. The molecule has 5 heterocycles. The van der Waals surface area contributed by atoms with E-state index in [1.165, 1.54) is 17.4 Å². The SMILES string of the molecule is CCc1ccc(-c2cc(C(F)(F)F)n3nc(C(=O)N4CCN(Cc5cnn(C)c5)CC4)cc3n2)s1. The minimum atomic E-state index is -4.65. The molecule has 1 fully saturated rings. The van der Waals surface area contributed by atoms with Gasteiger partial charge in [0, 0.05) is 62.5 Å². The zero-order chi connectivity index (χ0) is 24.7. The Morgan fingerprint density at radius 2 is 1.91 bits per heavy atom. The molecule has 1 aliphatic rings. The molecule has 8 nitrogen and oxygen atoms in total. The van der Waals surface area contributed by atoms with Crippen LogP contribution < -0.4 is 0 Å². The van der Waals surface area contributed by atoms with Crippen LogP contribution in [0.3, 0.4) is 0 Å². The van der Waals surface area contributed by atoms with Gasteiger partial charge in [0.2, 0.25) is 0 Å². The first-order chi connectivity index (χ1) is 16.7. The van der Waals surface area contributed by atoms with Crippen molar-refractivity contribution in [2.45, 2.75) is 26.1 Å². The number of carbonyl (C=O) groups excluding carboxylic acids is 1. The number of hydrogen-bond donors (Lipinski definition) is 0. The van der Waals surface area contributed by atoms with Gasteiger partial charge in [0.1, 0.15) is 0 Å². The zero-order valence-electron chi connectivity index (χ0n) is 19.3.